The molecule has 2 N–H and O–H groups in total. The van der Waals surface area contributed by atoms with Crippen LogP contribution in [0.2, 0.25) is 0 Å². The van der Waals surface area contributed by atoms with Crippen LogP contribution in [0, 0.1) is 12.8 Å². The van der Waals surface area contributed by atoms with E-state index in [0.717, 1.165) is 5.56 Å². The van der Waals surface area contributed by atoms with E-state index >= 15 is 0 Å². The fourth-order valence-electron chi connectivity index (χ4n) is 3.98. The molecule has 0 saturated carbocycles. The highest BCUT2D eigenvalue weighted by atomic mass is 16.5. The smallest absolute Gasteiger partial charge is 0.253 e. The molecule has 7 nitrogen and oxygen atoms in total. The van der Waals surface area contributed by atoms with Crippen molar-refractivity contribution in [3.63, 3.8) is 0 Å². The van der Waals surface area contributed by atoms with Crippen LogP contribution in [0.25, 0.3) is 0 Å². The first kappa shape index (κ1) is 24.0. The minimum absolute atomic E-state index is 0.0125. The molecule has 1 aliphatic rings. The van der Waals surface area contributed by atoms with Crippen molar-refractivity contribution in [2.24, 2.45) is 5.92 Å². The zero-order valence-corrected chi connectivity index (χ0v) is 19.2. The number of hydrogen-bond donors (Lipinski definition) is 2. The van der Waals surface area contributed by atoms with Gasteiger partial charge in [-0.2, -0.15) is 0 Å². The van der Waals surface area contributed by atoms with E-state index in [9.17, 15) is 14.4 Å². The number of carbonyl (C=O) groups excluding carboxylic acids is 3. The minimum atomic E-state index is -0.708. The van der Waals surface area contributed by atoms with Gasteiger partial charge in [0.15, 0.2) is 0 Å². The molecule has 1 heterocycles. The first-order chi connectivity index (χ1) is 15.9. The molecule has 1 fully saturated rings. The maximum atomic E-state index is 12.9. The molecule has 2 aromatic carbocycles. The number of nitrogens with one attached hydrogen (secondary N) is 2. The normalized spacial score (nSPS) is 14.8. The summed E-state index contributed by atoms with van der Waals surface area (Å²) in [5.41, 5.74) is 2.18. The summed E-state index contributed by atoms with van der Waals surface area (Å²) in [6, 6.07) is 13.6. The third-order valence-corrected chi connectivity index (χ3v) is 5.92. The van der Waals surface area contributed by atoms with E-state index in [1.807, 2.05) is 36.1 Å². The predicted octanol–water partition coefficient (Wildman–Crippen LogP) is 2.96. The Morgan fingerprint density at radius 3 is 2.45 bits per heavy atom. The van der Waals surface area contributed by atoms with Crippen molar-refractivity contribution in [1.82, 2.24) is 15.5 Å². The molecule has 1 atom stereocenters. The summed E-state index contributed by atoms with van der Waals surface area (Å²) in [5, 5.41) is 5.70. The van der Waals surface area contributed by atoms with Gasteiger partial charge in [0, 0.05) is 30.8 Å². The van der Waals surface area contributed by atoms with Gasteiger partial charge < -0.3 is 20.3 Å². The van der Waals surface area contributed by atoms with Gasteiger partial charge in [0.25, 0.3) is 11.8 Å². The van der Waals surface area contributed by atoms with Crippen LogP contribution >= 0.6 is 0 Å². The molecule has 2 aromatic rings. The molecule has 0 aromatic heterocycles. The van der Waals surface area contributed by atoms with E-state index in [1.165, 1.54) is 7.11 Å². The van der Waals surface area contributed by atoms with E-state index in [0.29, 0.717) is 49.4 Å². The number of hydrogen-bond acceptors (Lipinski definition) is 4. The van der Waals surface area contributed by atoms with Gasteiger partial charge in [0.2, 0.25) is 5.91 Å². The maximum Gasteiger partial charge on any atom is 0.253 e. The van der Waals surface area contributed by atoms with Crippen molar-refractivity contribution in [2.45, 2.75) is 25.8 Å². The molecule has 0 radical (unpaired) electrons. The Labute approximate surface area is 194 Å². The Kier molecular flexibility index (Phi) is 8.24. The lowest BCUT2D eigenvalue weighted by Crippen LogP contribution is -2.53. The predicted molar refractivity (Wildman–Crippen MR) is 127 cm³/mol. The summed E-state index contributed by atoms with van der Waals surface area (Å²) >= 11 is 0. The third kappa shape index (κ3) is 6.22. The Morgan fingerprint density at radius 2 is 1.82 bits per heavy atom. The average Bonchev–Trinajstić information content (AvgIpc) is 2.86. The minimum Gasteiger partial charge on any atom is -0.497 e. The zero-order valence-electron chi connectivity index (χ0n) is 19.2. The second-order valence-corrected chi connectivity index (χ2v) is 8.21. The number of nitrogens with zero attached hydrogens (tertiary/aromatic N) is 1. The highest BCUT2D eigenvalue weighted by Gasteiger charge is 2.34. The summed E-state index contributed by atoms with van der Waals surface area (Å²) in [5.74, 6) is -0.133. The Balaban J connectivity index is 1.69. The molecule has 0 spiro atoms. The summed E-state index contributed by atoms with van der Waals surface area (Å²) < 4.78 is 5.20. The summed E-state index contributed by atoms with van der Waals surface area (Å²) in [7, 11) is 1.54. The molecule has 33 heavy (non-hydrogen) atoms. The summed E-state index contributed by atoms with van der Waals surface area (Å²) in [6.45, 7) is 6.98. The van der Waals surface area contributed by atoms with Gasteiger partial charge in [-0.15, -0.1) is 6.58 Å². The van der Waals surface area contributed by atoms with Crippen LogP contribution in [-0.2, 0) is 4.79 Å². The van der Waals surface area contributed by atoms with Gasteiger partial charge in [-0.3, -0.25) is 14.4 Å². The maximum absolute atomic E-state index is 12.9. The number of methoxy groups -OCH3 is 1. The highest BCUT2D eigenvalue weighted by Crippen LogP contribution is 2.23. The molecule has 0 aliphatic carbocycles. The quantitative estimate of drug-likeness (QED) is 0.607. The number of ether oxygens (including phenoxy) is 1. The van der Waals surface area contributed by atoms with Gasteiger partial charge in [-0.1, -0.05) is 29.8 Å². The fourth-order valence-corrected chi connectivity index (χ4v) is 3.98. The fraction of sp³-hybridized carbons (Fsp3) is 0.346. The van der Waals surface area contributed by atoms with Gasteiger partial charge in [0.05, 0.1) is 7.11 Å². The molecule has 1 unspecified atom stereocenters. The van der Waals surface area contributed by atoms with Gasteiger partial charge >= 0.3 is 0 Å². The van der Waals surface area contributed by atoms with Crippen LogP contribution in [0.1, 0.15) is 39.1 Å². The topological polar surface area (TPSA) is 87.7 Å². The number of piperidine rings is 1. The third-order valence-electron chi connectivity index (χ3n) is 5.92. The van der Waals surface area contributed by atoms with Gasteiger partial charge in [-0.25, -0.2) is 0 Å². The first-order valence-corrected chi connectivity index (χ1v) is 11.1. The standard InChI is InChI=1S/C26H31N3O4/c1-4-14-27-25(31)23(28-24(30)21-6-5-7-22(17-21)33-3)19-12-15-29(16-13-19)26(32)20-10-8-18(2)9-11-20/h4-11,17,19,23H,1,12-16H2,2-3H3,(H,27,31)(H,28,30). The van der Waals surface area contributed by atoms with Crippen LogP contribution in [-0.4, -0.2) is 55.4 Å². The van der Waals surface area contributed by atoms with Crippen LogP contribution in [0.3, 0.4) is 0 Å². The second kappa shape index (κ2) is 11.3. The molecule has 1 aliphatic heterocycles. The number of carbonyl (C=O) groups is 3. The molecule has 0 bridgehead atoms. The van der Waals surface area contributed by atoms with Crippen LogP contribution in [0.4, 0.5) is 0 Å². The monoisotopic (exact) mass is 449 g/mol. The average molecular weight is 450 g/mol. The summed E-state index contributed by atoms with van der Waals surface area (Å²) in [6.07, 6.45) is 2.83. The van der Waals surface area contributed by atoms with Crippen LogP contribution < -0.4 is 15.4 Å². The van der Waals surface area contributed by atoms with E-state index in [4.69, 9.17) is 4.74 Å². The van der Waals surface area contributed by atoms with Crippen LogP contribution in [0.5, 0.6) is 5.75 Å². The van der Waals surface area contributed by atoms with E-state index in [1.54, 1.807) is 30.3 Å². The largest absolute Gasteiger partial charge is 0.497 e. The molecule has 7 heteroatoms. The Bertz CT molecular complexity index is 995. The van der Waals surface area contributed by atoms with E-state index < -0.39 is 6.04 Å². The Hall–Kier alpha value is -3.61. The van der Waals surface area contributed by atoms with Crippen LogP contribution in [0.15, 0.2) is 61.2 Å². The molecule has 3 rings (SSSR count). The zero-order chi connectivity index (χ0) is 23.8. The number of benzene rings is 2. The number of amides is 3. The van der Waals surface area contributed by atoms with Crippen molar-refractivity contribution in [1.29, 1.82) is 0 Å². The number of likely N-dealkylation sites (tertiary alicyclic amines) is 1. The molecule has 174 valence electrons. The highest BCUT2D eigenvalue weighted by molar-refractivity contribution is 5.98. The molecule has 3 amide bonds. The van der Waals surface area contributed by atoms with Gasteiger partial charge in [0.1, 0.15) is 11.8 Å². The lowest BCUT2D eigenvalue weighted by Gasteiger charge is -2.36. The molecular formula is C26H31N3O4. The van der Waals surface area contributed by atoms with E-state index in [-0.39, 0.29) is 23.6 Å². The molecule has 1 saturated heterocycles. The van der Waals surface area contributed by atoms with Crippen molar-refractivity contribution in [3.8, 4) is 5.75 Å². The lowest BCUT2D eigenvalue weighted by atomic mass is 9.88. The van der Waals surface area contributed by atoms with E-state index in [2.05, 4.69) is 17.2 Å². The Morgan fingerprint density at radius 1 is 1.12 bits per heavy atom. The number of aryl methyl sites for hydroxylation is 1. The molecular weight excluding hydrogens is 418 g/mol. The van der Waals surface area contributed by atoms with Crippen molar-refractivity contribution < 1.29 is 19.1 Å². The van der Waals surface area contributed by atoms with Gasteiger partial charge in [-0.05, 0) is 56.0 Å². The summed E-state index contributed by atoms with van der Waals surface area (Å²) in [4.78, 5) is 40.4. The second-order valence-electron chi connectivity index (χ2n) is 8.21. The van der Waals surface area contributed by atoms with Crippen molar-refractivity contribution in [3.05, 3.63) is 77.9 Å². The SMILES string of the molecule is C=CCNC(=O)C(NC(=O)c1cccc(OC)c1)C1CCN(C(=O)c2ccc(C)cc2)CC1. The van der Waals surface area contributed by atoms with Crippen molar-refractivity contribution >= 4 is 17.7 Å². The van der Waals surface area contributed by atoms with Crippen molar-refractivity contribution in [2.75, 3.05) is 26.7 Å². The lowest BCUT2D eigenvalue weighted by molar-refractivity contribution is -0.124. The first-order valence-electron chi connectivity index (χ1n) is 11.1. The number of rotatable bonds is 8.